The minimum absolute atomic E-state index is 0.753. The van der Waals surface area contributed by atoms with Gasteiger partial charge in [-0.25, -0.2) is 4.98 Å². The molecule has 0 saturated carbocycles. The number of carbonyl (C=O) groups is 1. The largest absolute Gasteiger partial charge is 0.297 e. The van der Waals surface area contributed by atoms with Crippen LogP contribution in [0.2, 0.25) is 0 Å². The molecule has 14 heavy (non-hydrogen) atoms. The highest BCUT2D eigenvalue weighted by Crippen LogP contribution is 2.29. The molecule has 0 unspecified atom stereocenters. The van der Waals surface area contributed by atoms with Crippen molar-refractivity contribution in [1.82, 2.24) is 4.98 Å². The van der Waals surface area contributed by atoms with Gasteiger partial charge in [-0.3, -0.25) is 4.79 Å². The second kappa shape index (κ2) is 4.39. The van der Waals surface area contributed by atoms with Gasteiger partial charge in [-0.2, -0.15) is 0 Å². The van der Waals surface area contributed by atoms with Crippen LogP contribution in [0.1, 0.15) is 9.67 Å². The number of carbonyl (C=O) groups excluding carboxylic acids is 1. The fraction of sp³-hybridized carbons (Fsp3) is 0. The van der Waals surface area contributed by atoms with Gasteiger partial charge >= 0.3 is 0 Å². The summed E-state index contributed by atoms with van der Waals surface area (Å²) >= 11 is 3.02. The van der Waals surface area contributed by atoms with Crippen LogP contribution >= 0.6 is 23.1 Å². The van der Waals surface area contributed by atoms with E-state index in [9.17, 15) is 4.79 Å². The summed E-state index contributed by atoms with van der Waals surface area (Å²) < 4.78 is 0. The number of aldehydes is 1. The fourth-order valence-corrected chi connectivity index (χ4v) is 2.65. The molecule has 0 fully saturated rings. The SMILES string of the molecule is O=Cc1cc(Sc2ccccn2)cs1. The van der Waals surface area contributed by atoms with E-state index >= 15 is 0 Å². The molecule has 0 aliphatic rings. The molecule has 0 amide bonds. The Hall–Kier alpha value is -1.13. The van der Waals surface area contributed by atoms with Gasteiger partial charge in [0.15, 0.2) is 6.29 Å². The highest BCUT2D eigenvalue weighted by molar-refractivity contribution is 7.99. The normalized spacial score (nSPS) is 10.0. The van der Waals surface area contributed by atoms with Gasteiger partial charge in [-0.1, -0.05) is 17.8 Å². The third-order valence-electron chi connectivity index (χ3n) is 1.57. The van der Waals surface area contributed by atoms with E-state index in [0.717, 1.165) is 21.1 Å². The minimum atomic E-state index is 0.753. The fourth-order valence-electron chi connectivity index (χ4n) is 0.978. The number of hydrogen-bond donors (Lipinski definition) is 0. The van der Waals surface area contributed by atoms with Crippen LogP contribution in [0.3, 0.4) is 0 Å². The highest BCUT2D eigenvalue weighted by atomic mass is 32.2. The first-order valence-corrected chi connectivity index (χ1v) is 5.71. The zero-order valence-corrected chi connectivity index (χ0v) is 8.85. The smallest absolute Gasteiger partial charge is 0.160 e. The number of pyridine rings is 1. The van der Waals surface area contributed by atoms with Gasteiger partial charge in [0.2, 0.25) is 0 Å². The molecule has 2 heterocycles. The van der Waals surface area contributed by atoms with E-state index < -0.39 is 0 Å². The van der Waals surface area contributed by atoms with Crippen LogP contribution in [-0.2, 0) is 0 Å². The summed E-state index contributed by atoms with van der Waals surface area (Å²) in [5.74, 6) is 0. The average Bonchev–Trinajstić information content (AvgIpc) is 2.67. The molecule has 0 N–H and O–H groups in total. The number of nitrogens with zero attached hydrogens (tertiary/aromatic N) is 1. The third kappa shape index (κ3) is 2.21. The lowest BCUT2D eigenvalue weighted by molar-refractivity contribution is 0.112. The summed E-state index contributed by atoms with van der Waals surface area (Å²) in [5, 5.41) is 2.91. The van der Waals surface area contributed by atoms with E-state index in [4.69, 9.17) is 0 Å². The standard InChI is InChI=1S/C10H7NOS2/c12-6-8-5-9(7-13-8)14-10-3-1-2-4-11-10/h1-7H. The van der Waals surface area contributed by atoms with Crippen LogP contribution in [-0.4, -0.2) is 11.3 Å². The van der Waals surface area contributed by atoms with Crippen LogP contribution in [0.5, 0.6) is 0 Å². The molecule has 70 valence electrons. The lowest BCUT2D eigenvalue weighted by atomic mass is 10.5. The van der Waals surface area contributed by atoms with E-state index in [0.29, 0.717) is 0 Å². The van der Waals surface area contributed by atoms with E-state index in [1.54, 1.807) is 18.0 Å². The number of rotatable bonds is 3. The van der Waals surface area contributed by atoms with Crippen LogP contribution in [0, 0.1) is 0 Å². The Morgan fingerprint density at radius 3 is 3.00 bits per heavy atom. The second-order valence-electron chi connectivity index (χ2n) is 2.57. The summed E-state index contributed by atoms with van der Waals surface area (Å²) in [6.07, 6.45) is 2.63. The van der Waals surface area contributed by atoms with Gasteiger partial charge in [0, 0.05) is 16.5 Å². The molecule has 4 heteroatoms. The maximum absolute atomic E-state index is 10.5. The van der Waals surface area contributed by atoms with Crippen molar-refractivity contribution in [3.63, 3.8) is 0 Å². The third-order valence-corrected chi connectivity index (χ3v) is 3.50. The number of hydrogen-bond acceptors (Lipinski definition) is 4. The van der Waals surface area contributed by atoms with E-state index in [2.05, 4.69) is 4.98 Å². The Morgan fingerprint density at radius 1 is 1.43 bits per heavy atom. The molecule has 2 aromatic rings. The Labute approximate surface area is 90.0 Å². The molecule has 0 bridgehead atoms. The maximum Gasteiger partial charge on any atom is 0.160 e. The molecule has 0 radical (unpaired) electrons. The predicted octanol–water partition coefficient (Wildman–Crippen LogP) is 3.11. The van der Waals surface area contributed by atoms with Crippen LogP contribution in [0.4, 0.5) is 0 Å². The molecular formula is C10H7NOS2. The summed E-state index contributed by atoms with van der Waals surface area (Å²) in [7, 11) is 0. The van der Waals surface area contributed by atoms with E-state index in [1.165, 1.54) is 11.3 Å². The Balaban J connectivity index is 2.15. The molecule has 2 nitrogen and oxygen atoms in total. The molecule has 0 aromatic carbocycles. The average molecular weight is 221 g/mol. The molecule has 2 aromatic heterocycles. The zero-order valence-electron chi connectivity index (χ0n) is 7.21. The zero-order chi connectivity index (χ0) is 9.80. The van der Waals surface area contributed by atoms with Crippen molar-refractivity contribution in [3.8, 4) is 0 Å². The Bertz CT molecular complexity index is 425. The summed E-state index contributed by atoms with van der Waals surface area (Å²) in [4.78, 5) is 16.5. The molecule has 0 spiro atoms. The summed E-state index contributed by atoms with van der Waals surface area (Å²) in [6.45, 7) is 0. The van der Waals surface area contributed by atoms with Crippen molar-refractivity contribution in [2.45, 2.75) is 9.92 Å². The predicted molar refractivity (Wildman–Crippen MR) is 58.1 cm³/mol. The highest BCUT2D eigenvalue weighted by Gasteiger charge is 2.01. The van der Waals surface area contributed by atoms with Crippen LogP contribution in [0.25, 0.3) is 0 Å². The number of aromatic nitrogens is 1. The summed E-state index contributed by atoms with van der Waals surface area (Å²) in [6, 6.07) is 7.65. The van der Waals surface area contributed by atoms with Gasteiger partial charge in [0.05, 0.1) is 4.88 Å². The molecule has 0 atom stereocenters. The Morgan fingerprint density at radius 2 is 2.36 bits per heavy atom. The number of thiophene rings is 1. The van der Waals surface area contributed by atoms with Crippen molar-refractivity contribution in [2.24, 2.45) is 0 Å². The van der Waals surface area contributed by atoms with Crippen molar-refractivity contribution in [1.29, 1.82) is 0 Å². The maximum atomic E-state index is 10.5. The molecular weight excluding hydrogens is 214 g/mol. The monoisotopic (exact) mass is 221 g/mol. The van der Waals surface area contributed by atoms with E-state index in [-0.39, 0.29) is 0 Å². The molecule has 0 aliphatic heterocycles. The van der Waals surface area contributed by atoms with Crippen LogP contribution in [0.15, 0.2) is 45.8 Å². The molecule has 2 rings (SSSR count). The summed E-state index contributed by atoms with van der Waals surface area (Å²) in [5.41, 5.74) is 0. The first kappa shape index (κ1) is 9.43. The van der Waals surface area contributed by atoms with Gasteiger partial charge < -0.3 is 0 Å². The van der Waals surface area contributed by atoms with E-state index in [1.807, 2.05) is 29.6 Å². The Kier molecular flexibility index (Phi) is 2.96. The molecule has 0 saturated heterocycles. The molecule has 0 aliphatic carbocycles. The van der Waals surface area contributed by atoms with Gasteiger partial charge in [0.1, 0.15) is 5.03 Å². The topological polar surface area (TPSA) is 30.0 Å². The van der Waals surface area contributed by atoms with Crippen molar-refractivity contribution in [2.75, 3.05) is 0 Å². The second-order valence-corrected chi connectivity index (χ2v) is 4.61. The minimum Gasteiger partial charge on any atom is -0.297 e. The quantitative estimate of drug-likeness (QED) is 0.746. The van der Waals surface area contributed by atoms with Crippen molar-refractivity contribution < 1.29 is 4.79 Å². The first-order valence-electron chi connectivity index (χ1n) is 4.01. The lowest BCUT2D eigenvalue weighted by Gasteiger charge is -1.94. The van der Waals surface area contributed by atoms with Crippen LogP contribution < -0.4 is 0 Å². The lowest BCUT2D eigenvalue weighted by Crippen LogP contribution is -1.75. The first-order chi connectivity index (χ1) is 6.88. The van der Waals surface area contributed by atoms with Gasteiger partial charge in [-0.05, 0) is 18.2 Å². The van der Waals surface area contributed by atoms with Crippen molar-refractivity contribution in [3.05, 3.63) is 40.7 Å². The van der Waals surface area contributed by atoms with Gasteiger partial charge in [-0.15, -0.1) is 11.3 Å². The van der Waals surface area contributed by atoms with Crippen molar-refractivity contribution >= 4 is 29.4 Å². The van der Waals surface area contributed by atoms with Gasteiger partial charge in [0.25, 0.3) is 0 Å².